The molecule has 0 aliphatic carbocycles. The van der Waals surface area contributed by atoms with Gasteiger partial charge >= 0.3 is 121 Å². The Morgan fingerprint density at radius 1 is 0.594 bits per heavy atom. The van der Waals surface area contributed by atoms with Crippen LogP contribution in [-0.2, 0) is 62.6 Å². The van der Waals surface area contributed by atoms with Crippen molar-refractivity contribution >= 4 is 75.1 Å². The number of carboxylic acids is 1. The fourth-order valence-electron chi connectivity index (χ4n) is 8.49. The van der Waals surface area contributed by atoms with Crippen LogP contribution in [0.3, 0.4) is 0 Å². The number of phenolic OH excluding ortho intramolecular Hbond substituents is 1. The van der Waals surface area contributed by atoms with Crippen molar-refractivity contribution in [3.05, 3.63) is 214 Å². The summed E-state index contributed by atoms with van der Waals surface area (Å²) in [6.07, 6.45) is 5.44. The average molecular weight is 1500 g/mol. The molecule has 9 aromatic rings. The van der Waals surface area contributed by atoms with E-state index < -0.39 is 24.1 Å². The second-order valence-corrected chi connectivity index (χ2v) is 20.6. The van der Waals surface area contributed by atoms with Crippen LogP contribution in [0, 0.1) is 0 Å². The molecule has 4 heterocycles. The first-order chi connectivity index (χ1) is 43.0. The molecule has 10 rings (SSSR count). The number of ether oxygens (including phenoxy) is 6. The number of carboxylic acid groups (broad SMARTS) is 1. The maximum Gasteiger partial charge on any atom is 1.00 e. The van der Waals surface area contributed by atoms with Gasteiger partial charge in [-0.25, -0.2) is 9.59 Å². The molecule has 2 N–H and O–H groups in total. The maximum atomic E-state index is 12.3. The van der Waals surface area contributed by atoms with Crippen molar-refractivity contribution in [2.75, 3.05) is 27.9 Å². The van der Waals surface area contributed by atoms with Crippen LogP contribution in [0.1, 0.15) is 106 Å². The van der Waals surface area contributed by atoms with Gasteiger partial charge < -0.3 is 50.2 Å². The van der Waals surface area contributed by atoms with Crippen molar-refractivity contribution < 1.29 is 172 Å². The maximum absolute atomic E-state index is 12.3. The minimum absolute atomic E-state index is 0. The molecule has 3 aromatic heterocycles. The van der Waals surface area contributed by atoms with Gasteiger partial charge in [0.25, 0.3) is 6.47 Å². The van der Waals surface area contributed by atoms with Gasteiger partial charge in [-0.1, -0.05) is 179 Å². The normalized spacial score (nSPS) is 12.0. The van der Waals surface area contributed by atoms with Crippen molar-refractivity contribution in [3.63, 3.8) is 0 Å². The van der Waals surface area contributed by atoms with Crippen molar-refractivity contribution in [1.29, 1.82) is 0 Å². The number of hydrogen-bond acceptors (Lipinski definition) is 16. The summed E-state index contributed by atoms with van der Waals surface area (Å²) in [5.74, 6) is -0.618. The summed E-state index contributed by atoms with van der Waals surface area (Å²) in [7, 11) is 4.39. The third-order valence-corrected chi connectivity index (χ3v) is 14.3. The van der Waals surface area contributed by atoms with E-state index in [0.29, 0.717) is 61.9 Å². The van der Waals surface area contributed by atoms with Gasteiger partial charge in [0, 0.05) is 101 Å². The number of carbonyl (C=O) groups excluding carboxylic acids is 3. The first-order valence-electron chi connectivity index (χ1n) is 27.6. The van der Waals surface area contributed by atoms with Gasteiger partial charge in [0.05, 0.1) is 31.3 Å². The Morgan fingerprint density at radius 3 is 1.30 bits per heavy atom. The van der Waals surface area contributed by atoms with E-state index in [1.165, 1.54) is 14.2 Å². The summed E-state index contributed by atoms with van der Waals surface area (Å²) in [6.45, 7) is 8.81. The summed E-state index contributed by atoms with van der Waals surface area (Å²) >= 11 is 21.5. The SMILES string of the molecule is C.C.C.C.C.CCn1nccc1-c1cc(Cl)ccc1O.CCn1nccc1-c1cc(Cl)ccc1OC(C(=O)O)c1ccccc1.CCn1nccc1-c1cc(Cl)ccc1OC(C(=O)OC)c1ccccc1.COC(=O)C(Br)c1ccccc1.COC1CCCO1.O=CO[O-].[H-].[K+].[K+]. The van der Waals surface area contributed by atoms with Crippen molar-refractivity contribution in [3.8, 4) is 51.0 Å². The molecule has 20 nitrogen and oxygen atoms in total. The summed E-state index contributed by atoms with van der Waals surface area (Å²) in [4.78, 5) is 46.0. The molecule has 0 spiro atoms. The van der Waals surface area contributed by atoms with Gasteiger partial charge in [-0.15, -0.1) is 0 Å². The van der Waals surface area contributed by atoms with Crippen LogP contribution in [0.25, 0.3) is 33.8 Å². The first kappa shape index (κ1) is 94.9. The summed E-state index contributed by atoms with van der Waals surface area (Å²) in [6, 6.07) is 48.5. The van der Waals surface area contributed by atoms with Crippen LogP contribution in [0.4, 0.5) is 0 Å². The third kappa shape index (κ3) is 29.7. The number of aryl methyl sites for hydroxylation is 3. The molecule has 0 amide bonds. The molecule has 0 radical (unpaired) electrons. The number of rotatable bonds is 18. The zero-order valence-electron chi connectivity index (χ0n) is 52.4. The smallest absolute Gasteiger partial charge is 1.00 e. The Bertz CT molecular complexity index is 3620. The molecule has 6 aromatic carbocycles. The Kier molecular flexibility index (Phi) is 51.3. The number of nitrogens with zero attached hydrogens (tertiary/aromatic N) is 6. The van der Waals surface area contributed by atoms with Crippen LogP contribution in [0.2, 0.25) is 15.1 Å². The van der Waals surface area contributed by atoms with Gasteiger partial charge in [0.1, 0.15) is 22.1 Å². The number of benzene rings is 6. The van der Waals surface area contributed by atoms with E-state index in [1.54, 1.807) is 109 Å². The zero-order chi connectivity index (χ0) is 64.7. The Labute approximate surface area is 675 Å². The van der Waals surface area contributed by atoms with Crippen LogP contribution >= 0.6 is 50.7 Å². The molecular formula is C70H88BrCl3K2N6O14. The monoisotopic (exact) mass is 1500 g/mol. The number of aromatic nitrogens is 6. The number of phenols is 1. The van der Waals surface area contributed by atoms with Crippen LogP contribution < -0.4 is 118 Å². The van der Waals surface area contributed by atoms with E-state index in [4.69, 9.17) is 68.5 Å². The van der Waals surface area contributed by atoms with E-state index in [-0.39, 0.29) is 171 Å². The second kappa shape index (κ2) is 51.8. The largest absolute Gasteiger partial charge is 1.00 e. The van der Waals surface area contributed by atoms with E-state index in [0.717, 1.165) is 54.2 Å². The molecule has 0 bridgehead atoms. The van der Waals surface area contributed by atoms with Crippen LogP contribution in [-0.4, -0.2) is 98.2 Å². The van der Waals surface area contributed by atoms with E-state index in [2.05, 4.69) is 40.9 Å². The molecule has 1 fully saturated rings. The van der Waals surface area contributed by atoms with Crippen molar-refractivity contribution in [1.82, 2.24) is 29.3 Å². The molecule has 4 unspecified atom stereocenters. The number of carbonyl (C=O) groups is 4. The number of esters is 2. The molecule has 96 heavy (non-hydrogen) atoms. The molecule has 1 aliphatic rings. The summed E-state index contributed by atoms with van der Waals surface area (Å²) in [5.41, 5.74) is 6.92. The molecule has 512 valence electrons. The Morgan fingerprint density at radius 2 is 0.958 bits per heavy atom. The molecule has 26 heteroatoms. The van der Waals surface area contributed by atoms with Gasteiger partial charge in [-0.05, 0) is 106 Å². The van der Waals surface area contributed by atoms with Gasteiger partial charge in [-0.3, -0.25) is 23.6 Å². The zero-order valence-corrected chi connectivity index (χ0v) is 61.5. The topological polar surface area (TPSA) is 250 Å². The Balaban J connectivity index is -0.000000565. The number of alkyl halides is 1. The number of aromatic hydroxyl groups is 1. The van der Waals surface area contributed by atoms with E-state index >= 15 is 0 Å². The predicted octanol–water partition coefficient (Wildman–Crippen LogP) is 10.7. The van der Waals surface area contributed by atoms with Gasteiger partial charge in [-0.2, -0.15) is 15.3 Å². The fraction of sp³-hybridized carbons (Fsp3) is 0.300. The summed E-state index contributed by atoms with van der Waals surface area (Å²) in [5, 5.41) is 42.2. The fourth-order valence-corrected chi connectivity index (χ4v) is 9.50. The number of halogens is 4. The number of aliphatic carboxylic acids is 1. The average Bonchev–Trinajstić information content (AvgIpc) is 1.82. The van der Waals surface area contributed by atoms with E-state index in [9.17, 15) is 24.6 Å². The molecule has 1 aliphatic heterocycles. The molecule has 1 saturated heterocycles. The minimum atomic E-state index is -1.11. The van der Waals surface area contributed by atoms with Gasteiger partial charge in [0.15, 0.2) is 6.29 Å². The van der Waals surface area contributed by atoms with Gasteiger partial charge in [0.2, 0.25) is 12.2 Å². The van der Waals surface area contributed by atoms with Crippen molar-refractivity contribution in [2.45, 2.75) is 114 Å². The Hall–Kier alpha value is -5.27. The molecule has 4 atom stereocenters. The quantitative estimate of drug-likeness (QED) is 0.0202. The van der Waals surface area contributed by atoms with E-state index in [1.807, 2.05) is 115 Å². The van der Waals surface area contributed by atoms with Crippen LogP contribution in [0.5, 0.6) is 17.2 Å². The van der Waals surface area contributed by atoms with Crippen molar-refractivity contribution in [2.24, 2.45) is 0 Å². The number of methoxy groups -OCH3 is 3. The third-order valence-electron chi connectivity index (χ3n) is 12.7. The molecular weight excluding hydrogens is 1410 g/mol. The predicted molar refractivity (Wildman–Crippen MR) is 374 cm³/mol. The first-order valence-corrected chi connectivity index (χ1v) is 29.6. The van der Waals surface area contributed by atoms with Crippen LogP contribution in [0.15, 0.2) is 182 Å². The standard InChI is InChI=1S/C20H19ClN2O3.C19H17ClN2O3.C11H11ClN2O.C9H9BrO2.C5H10O2.CH2O3.5CH4.2K.H/c1-3-23-17(11-12-22-23)16-13-15(21)9-10-18(16)26-19(20(24)25-2)14-7-5-4-6-8-14;1-2-22-16(10-11-21-22)15-12-14(20)8-9-17(15)25-18(19(23)24)13-6-4-3-5-7-13;1-2-14-10(5-6-13-14)9-7-8(12)3-4-11(9)15;1-12-9(11)8(10)7-5-3-2-4-6-7;1-6-5-3-2-4-7-5;2-1-4-3;;;;;;;;/h4-13,19H,3H2,1-2H3;3-12,18H,2H2,1H3,(H,23,24);3-7,15H,2H2,1H3;2-6,8H,1H3;5H,2-4H2,1H3;1,3H;5*1H4;;;/q;;;;;;;;;;;2*+1;-1/p-1. The summed E-state index contributed by atoms with van der Waals surface area (Å²) < 4.78 is 36.9. The number of hydrogen-bond donors (Lipinski definition) is 2. The minimum Gasteiger partial charge on any atom is -1.00 e. The molecule has 0 saturated carbocycles. The second-order valence-electron chi connectivity index (χ2n) is 18.4.